The first-order valence-electron chi connectivity index (χ1n) is 9.19. The maximum atomic E-state index is 12.2. The van der Waals surface area contributed by atoms with Crippen LogP contribution in [0.5, 0.6) is 0 Å². The van der Waals surface area contributed by atoms with Crippen molar-refractivity contribution in [2.45, 2.75) is 52.0 Å². The van der Waals surface area contributed by atoms with E-state index < -0.39 is 40.3 Å². The summed E-state index contributed by atoms with van der Waals surface area (Å²) in [5.41, 5.74) is -1.89. The lowest BCUT2D eigenvalue weighted by atomic mass is 10.1. The van der Waals surface area contributed by atoms with Gasteiger partial charge in [0.1, 0.15) is 5.60 Å². The van der Waals surface area contributed by atoms with Crippen LogP contribution in [0.2, 0.25) is 0 Å². The summed E-state index contributed by atoms with van der Waals surface area (Å²) in [5.74, 6) is -1.26. The zero-order valence-electron chi connectivity index (χ0n) is 18.1. The number of alkyl halides is 1. The molecule has 1 aromatic carbocycles. The minimum Gasteiger partial charge on any atom is -0.459 e. The van der Waals surface area contributed by atoms with E-state index in [1.165, 1.54) is 31.0 Å². The van der Waals surface area contributed by atoms with Gasteiger partial charge in [-0.2, -0.15) is 0 Å². The van der Waals surface area contributed by atoms with Gasteiger partial charge in [-0.3, -0.25) is 29.9 Å². The summed E-state index contributed by atoms with van der Waals surface area (Å²) in [4.78, 5) is 47.8. The Bertz CT molecular complexity index is 838. The summed E-state index contributed by atoms with van der Waals surface area (Å²) in [6.07, 6.45) is -2.14. The molecule has 0 bridgehead atoms. The average Bonchev–Trinajstić information content (AvgIpc) is 2.56. The second kappa shape index (κ2) is 10.9. The fourth-order valence-corrected chi connectivity index (χ4v) is 2.56. The molecule has 1 amide bonds. The molecular weight excluding hydrogens is 434 g/mol. The molecule has 0 radical (unpaired) electrons. The summed E-state index contributed by atoms with van der Waals surface area (Å²) in [7, 11) is 1.49. The predicted octanol–water partition coefficient (Wildman–Crippen LogP) is 3.56. The van der Waals surface area contributed by atoms with Crippen molar-refractivity contribution in [1.29, 1.82) is 0 Å². The molecule has 12 heteroatoms. The molecule has 1 rings (SSSR count). The molecule has 2 unspecified atom stereocenters. The molecule has 0 aliphatic rings. The number of nitro benzene ring substituents is 1. The van der Waals surface area contributed by atoms with Gasteiger partial charge in [0.25, 0.3) is 5.69 Å². The highest BCUT2D eigenvalue weighted by Gasteiger charge is 2.28. The maximum Gasteiger partial charge on any atom is 0.413 e. The fourth-order valence-electron chi connectivity index (χ4n) is 2.48. The van der Waals surface area contributed by atoms with Crippen LogP contribution in [0.15, 0.2) is 18.2 Å². The van der Waals surface area contributed by atoms with E-state index in [1.807, 2.05) is 0 Å². The molecule has 2 atom stereocenters. The molecule has 0 aliphatic heterocycles. The van der Waals surface area contributed by atoms with Gasteiger partial charge in [-0.05, 0) is 40.8 Å². The SMILES string of the molecule is CC(=O)OC(c1ccc([N+](=O)[O-])cc1NC(=O)OC(C)Cl)N(C)CC(=O)OC(C)(C)C. The fraction of sp³-hybridized carbons (Fsp3) is 0.526. The molecular formula is C19H26ClN3O8. The Labute approximate surface area is 184 Å². The third-order valence-electron chi connectivity index (χ3n) is 3.50. The first-order valence-corrected chi connectivity index (χ1v) is 9.62. The van der Waals surface area contributed by atoms with E-state index in [1.54, 1.807) is 20.8 Å². The van der Waals surface area contributed by atoms with Crippen LogP contribution in [-0.4, -0.2) is 52.6 Å². The Morgan fingerprint density at radius 2 is 1.87 bits per heavy atom. The van der Waals surface area contributed by atoms with Crippen molar-refractivity contribution < 1.29 is 33.5 Å². The number of likely N-dealkylation sites (N-methyl/N-ethyl adjacent to an activating group) is 1. The van der Waals surface area contributed by atoms with Gasteiger partial charge in [0.05, 0.1) is 17.2 Å². The molecule has 0 aliphatic carbocycles. The molecule has 0 fully saturated rings. The number of benzene rings is 1. The number of nitrogens with one attached hydrogen (secondary N) is 1. The van der Waals surface area contributed by atoms with Gasteiger partial charge in [0.15, 0.2) is 11.8 Å². The molecule has 0 spiro atoms. The number of nitro groups is 1. The van der Waals surface area contributed by atoms with Crippen LogP contribution >= 0.6 is 11.6 Å². The molecule has 0 saturated heterocycles. The summed E-state index contributed by atoms with van der Waals surface area (Å²) in [5, 5.41) is 13.5. The van der Waals surface area contributed by atoms with E-state index in [0.717, 1.165) is 13.0 Å². The number of halogens is 1. The number of hydrogen-bond donors (Lipinski definition) is 1. The van der Waals surface area contributed by atoms with Crippen LogP contribution < -0.4 is 5.32 Å². The molecule has 11 nitrogen and oxygen atoms in total. The topological polar surface area (TPSA) is 137 Å². The van der Waals surface area contributed by atoms with Crippen molar-refractivity contribution in [3.8, 4) is 0 Å². The van der Waals surface area contributed by atoms with Crippen molar-refractivity contribution in [3.63, 3.8) is 0 Å². The Hall–Kier alpha value is -2.92. The summed E-state index contributed by atoms with van der Waals surface area (Å²) >= 11 is 5.63. The number of rotatable bonds is 8. The number of ether oxygens (including phenoxy) is 3. The Morgan fingerprint density at radius 1 is 1.26 bits per heavy atom. The Balaban J connectivity index is 3.32. The lowest BCUT2D eigenvalue weighted by molar-refractivity contribution is -0.384. The van der Waals surface area contributed by atoms with E-state index in [9.17, 15) is 24.5 Å². The molecule has 31 heavy (non-hydrogen) atoms. The first-order chi connectivity index (χ1) is 14.2. The largest absolute Gasteiger partial charge is 0.459 e. The van der Waals surface area contributed by atoms with E-state index in [4.69, 9.17) is 25.8 Å². The quantitative estimate of drug-likeness (QED) is 0.154. The lowest BCUT2D eigenvalue weighted by Gasteiger charge is -2.29. The zero-order valence-corrected chi connectivity index (χ0v) is 18.9. The highest BCUT2D eigenvalue weighted by atomic mass is 35.5. The number of non-ortho nitro benzene ring substituents is 1. The van der Waals surface area contributed by atoms with Crippen molar-refractivity contribution in [2.75, 3.05) is 18.9 Å². The Kier molecular flexibility index (Phi) is 9.19. The number of esters is 2. The third kappa shape index (κ3) is 9.18. The van der Waals surface area contributed by atoms with E-state index in [2.05, 4.69) is 5.32 Å². The minimum atomic E-state index is -1.17. The van der Waals surface area contributed by atoms with Crippen molar-refractivity contribution in [1.82, 2.24) is 4.90 Å². The Morgan fingerprint density at radius 3 is 2.35 bits per heavy atom. The standard InChI is InChI=1S/C19H26ClN3O8/c1-11(20)29-18(26)21-15-9-13(23(27)28)7-8-14(15)17(30-12(2)24)22(6)10-16(25)31-19(3,4)5/h7-9,11,17H,10H2,1-6H3,(H,21,26). The highest BCUT2D eigenvalue weighted by Crippen LogP contribution is 2.32. The number of amides is 1. The second-order valence-corrected chi connectivity index (χ2v) is 8.18. The van der Waals surface area contributed by atoms with Gasteiger partial charge in [0.2, 0.25) is 0 Å². The first kappa shape index (κ1) is 26.1. The summed E-state index contributed by atoms with van der Waals surface area (Å²) in [6, 6.07) is 3.55. The molecule has 0 saturated carbocycles. The van der Waals surface area contributed by atoms with Crippen LogP contribution in [0, 0.1) is 10.1 Å². The number of nitrogens with zero attached hydrogens (tertiary/aromatic N) is 2. The van der Waals surface area contributed by atoms with Gasteiger partial charge in [-0.1, -0.05) is 11.6 Å². The number of carbonyl (C=O) groups excluding carboxylic acids is 3. The average molecular weight is 460 g/mol. The van der Waals surface area contributed by atoms with Gasteiger partial charge < -0.3 is 14.2 Å². The summed E-state index contributed by atoms with van der Waals surface area (Å²) < 4.78 is 15.4. The smallest absolute Gasteiger partial charge is 0.413 e. The van der Waals surface area contributed by atoms with E-state index in [-0.39, 0.29) is 23.5 Å². The van der Waals surface area contributed by atoms with Gasteiger partial charge in [0, 0.05) is 24.6 Å². The van der Waals surface area contributed by atoms with Gasteiger partial charge in [-0.25, -0.2) is 4.79 Å². The third-order valence-corrected chi connectivity index (χ3v) is 3.59. The monoisotopic (exact) mass is 459 g/mol. The van der Waals surface area contributed by atoms with Crippen LogP contribution in [0.3, 0.4) is 0 Å². The molecule has 172 valence electrons. The van der Waals surface area contributed by atoms with E-state index >= 15 is 0 Å². The van der Waals surface area contributed by atoms with Gasteiger partial charge in [-0.15, -0.1) is 0 Å². The van der Waals surface area contributed by atoms with Crippen LogP contribution in [0.4, 0.5) is 16.2 Å². The van der Waals surface area contributed by atoms with Crippen molar-refractivity contribution in [2.24, 2.45) is 0 Å². The lowest BCUT2D eigenvalue weighted by Crippen LogP contribution is -2.36. The van der Waals surface area contributed by atoms with Crippen molar-refractivity contribution in [3.05, 3.63) is 33.9 Å². The van der Waals surface area contributed by atoms with Crippen LogP contribution in [0.1, 0.15) is 46.4 Å². The highest BCUT2D eigenvalue weighted by molar-refractivity contribution is 6.20. The summed E-state index contributed by atoms with van der Waals surface area (Å²) in [6.45, 7) is 7.42. The number of hydrogen-bond acceptors (Lipinski definition) is 9. The maximum absolute atomic E-state index is 12.2. The molecule has 1 N–H and O–H groups in total. The minimum absolute atomic E-state index is 0.0567. The van der Waals surface area contributed by atoms with Crippen molar-refractivity contribution >= 4 is 41.0 Å². The van der Waals surface area contributed by atoms with Crippen LogP contribution in [0.25, 0.3) is 0 Å². The molecule has 0 aromatic heterocycles. The van der Waals surface area contributed by atoms with E-state index in [0.29, 0.717) is 0 Å². The molecule has 0 heterocycles. The zero-order chi connectivity index (χ0) is 23.9. The van der Waals surface area contributed by atoms with Gasteiger partial charge >= 0.3 is 18.0 Å². The molecule has 1 aromatic rings. The number of carbonyl (C=O) groups is 3. The predicted molar refractivity (Wildman–Crippen MR) is 111 cm³/mol. The number of anilines is 1. The normalized spacial score (nSPS) is 13.2. The second-order valence-electron chi connectivity index (χ2n) is 7.57. The van der Waals surface area contributed by atoms with Crippen LogP contribution in [-0.2, 0) is 23.8 Å².